The van der Waals surface area contributed by atoms with Gasteiger partial charge < -0.3 is 5.32 Å². The molecule has 0 aromatic heterocycles. The van der Waals surface area contributed by atoms with Crippen molar-refractivity contribution in [2.45, 2.75) is 44.0 Å². The molecule has 0 amide bonds. The van der Waals surface area contributed by atoms with Crippen LogP contribution in [0.5, 0.6) is 0 Å². The largest absolute Gasteiger partial charge is 0.310 e. The van der Waals surface area contributed by atoms with Gasteiger partial charge in [-0.15, -0.1) is 0 Å². The monoisotopic (exact) mass is 253 g/mol. The molecule has 1 nitrogen and oxygen atoms in total. The molecule has 2 rings (SSSR count). The summed E-state index contributed by atoms with van der Waals surface area (Å²) in [7, 11) is 0. The highest BCUT2D eigenvalue weighted by molar-refractivity contribution is 7.99. The third-order valence-electron chi connectivity index (χ3n) is 3.55. The molecule has 0 bridgehead atoms. The summed E-state index contributed by atoms with van der Waals surface area (Å²) < 4.78 is 13.4. The maximum Gasteiger partial charge on any atom is 0.126 e. The molecule has 94 valence electrons. The van der Waals surface area contributed by atoms with E-state index in [1.165, 1.54) is 19.3 Å². The van der Waals surface area contributed by atoms with Gasteiger partial charge in [0.15, 0.2) is 0 Å². The summed E-state index contributed by atoms with van der Waals surface area (Å²) in [4.78, 5) is 0. The minimum atomic E-state index is -0.0993. The zero-order valence-electron chi connectivity index (χ0n) is 10.5. The Morgan fingerprint density at radius 1 is 1.41 bits per heavy atom. The summed E-state index contributed by atoms with van der Waals surface area (Å²) in [5.74, 6) is -0.0993. The third kappa shape index (κ3) is 3.46. The van der Waals surface area contributed by atoms with E-state index in [9.17, 15) is 4.39 Å². The molecule has 17 heavy (non-hydrogen) atoms. The van der Waals surface area contributed by atoms with E-state index in [2.05, 4.69) is 11.6 Å². The number of rotatable bonds is 4. The molecule has 1 N–H and O–H groups in total. The van der Waals surface area contributed by atoms with Crippen molar-refractivity contribution >= 4 is 11.8 Å². The van der Waals surface area contributed by atoms with Crippen molar-refractivity contribution in [1.82, 2.24) is 5.32 Å². The number of hydrogen-bond donors (Lipinski definition) is 1. The van der Waals surface area contributed by atoms with Crippen LogP contribution in [-0.2, 0) is 6.54 Å². The van der Waals surface area contributed by atoms with Crippen LogP contribution in [0.25, 0.3) is 0 Å². The average Bonchev–Trinajstić information content (AvgIpc) is 2.79. The molecule has 0 saturated heterocycles. The smallest absolute Gasteiger partial charge is 0.126 e. The highest BCUT2D eigenvalue weighted by atomic mass is 32.2. The lowest BCUT2D eigenvalue weighted by Crippen LogP contribution is -2.26. The minimum absolute atomic E-state index is 0.0993. The fraction of sp³-hybridized carbons (Fsp3) is 0.571. The van der Waals surface area contributed by atoms with Gasteiger partial charge in [0.05, 0.1) is 0 Å². The number of thioether (sulfide) groups is 1. The fourth-order valence-corrected chi connectivity index (χ4v) is 3.14. The topological polar surface area (TPSA) is 12.0 Å². The number of hydrogen-bond acceptors (Lipinski definition) is 2. The van der Waals surface area contributed by atoms with E-state index in [4.69, 9.17) is 0 Å². The second-order valence-corrected chi connectivity index (χ2v) is 5.97. The van der Waals surface area contributed by atoms with Crippen molar-refractivity contribution in [3.05, 3.63) is 35.1 Å². The lowest BCUT2D eigenvalue weighted by Gasteiger charge is -2.13. The highest BCUT2D eigenvalue weighted by Gasteiger charge is 2.23. The van der Waals surface area contributed by atoms with Crippen LogP contribution in [0.15, 0.2) is 18.2 Å². The normalized spacial score (nSPS) is 24.2. The summed E-state index contributed by atoms with van der Waals surface area (Å²) >= 11 is 1.96. The van der Waals surface area contributed by atoms with Crippen molar-refractivity contribution in [2.75, 3.05) is 6.26 Å². The number of benzene rings is 1. The molecule has 3 heteroatoms. The van der Waals surface area contributed by atoms with Gasteiger partial charge in [0, 0.05) is 17.8 Å². The van der Waals surface area contributed by atoms with E-state index in [0.717, 1.165) is 22.9 Å². The summed E-state index contributed by atoms with van der Waals surface area (Å²) in [5.41, 5.74) is 1.76. The SMILES string of the molecule is CSC1CCC(NCc2ccc(C)c(F)c2)C1. The van der Waals surface area contributed by atoms with Gasteiger partial charge in [0.25, 0.3) is 0 Å². The van der Waals surface area contributed by atoms with E-state index in [1.54, 1.807) is 13.0 Å². The molecule has 0 heterocycles. The predicted octanol–water partition coefficient (Wildman–Crippen LogP) is 3.51. The maximum absolute atomic E-state index is 13.4. The summed E-state index contributed by atoms with van der Waals surface area (Å²) in [6.45, 7) is 2.58. The molecule has 1 fully saturated rings. The third-order valence-corrected chi connectivity index (χ3v) is 4.64. The maximum atomic E-state index is 13.4. The van der Waals surface area contributed by atoms with Crippen molar-refractivity contribution in [1.29, 1.82) is 0 Å². The van der Waals surface area contributed by atoms with Gasteiger partial charge in [-0.2, -0.15) is 11.8 Å². The van der Waals surface area contributed by atoms with Crippen molar-refractivity contribution in [3.63, 3.8) is 0 Å². The Bertz CT molecular complexity index is 380. The molecular weight excluding hydrogens is 233 g/mol. The fourth-order valence-electron chi connectivity index (χ4n) is 2.35. The van der Waals surface area contributed by atoms with Crippen molar-refractivity contribution in [2.24, 2.45) is 0 Å². The Labute approximate surface area is 107 Å². The van der Waals surface area contributed by atoms with Crippen LogP contribution in [0.4, 0.5) is 4.39 Å². The van der Waals surface area contributed by atoms with Gasteiger partial charge in [-0.3, -0.25) is 0 Å². The van der Waals surface area contributed by atoms with Crippen LogP contribution in [0.1, 0.15) is 30.4 Å². The Morgan fingerprint density at radius 3 is 2.88 bits per heavy atom. The van der Waals surface area contributed by atoms with E-state index in [0.29, 0.717) is 6.04 Å². The van der Waals surface area contributed by atoms with Crippen LogP contribution in [-0.4, -0.2) is 17.5 Å². The Hall–Kier alpha value is -0.540. The second-order valence-electron chi connectivity index (χ2n) is 4.83. The number of halogens is 1. The van der Waals surface area contributed by atoms with Crippen LogP contribution in [0.2, 0.25) is 0 Å². The standard InChI is InChI=1S/C14H20FNS/c1-10-3-4-11(7-14(10)15)9-16-12-5-6-13(8-12)17-2/h3-4,7,12-13,16H,5-6,8-9H2,1-2H3. The minimum Gasteiger partial charge on any atom is -0.310 e. The van der Waals surface area contributed by atoms with Gasteiger partial charge in [0.1, 0.15) is 5.82 Å². The Morgan fingerprint density at radius 2 is 2.24 bits per heavy atom. The van der Waals surface area contributed by atoms with E-state index in [-0.39, 0.29) is 5.82 Å². The zero-order chi connectivity index (χ0) is 12.3. The van der Waals surface area contributed by atoms with E-state index in [1.807, 2.05) is 23.9 Å². The molecule has 2 atom stereocenters. The van der Waals surface area contributed by atoms with E-state index < -0.39 is 0 Å². The Kier molecular flexibility index (Phi) is 4.46. The molecule has 0 radical (unpaired) electrons. The second kappa shape index (κ2) is 5.87. The lowest BCUT2D eigenvalue weighted by molar-refractivity contribution is 0.523. The first-order valence-corrected chi connectivity index (χ1v) is 7.49. The van der Waals surface area contributed by atoms with Crippen molar-refractivity contribution < 1.29 is 4.39 Å². The Balaban J connectivity index is 1.84. The first-order chi connectivity index (χ1) is 8.19. The molecule has 0 aliphatic heterocycles. The van der Waals surface area contributed by atoms with Gasteiger partial charge in [0.2, 0.25) is 0 Å². The first-order valence-electron chi connectivity index (χ1n) is 6.20. The average molecular weight is 253 g/mol. The van der Waals surface area contributed by atoms with Gasteiger partial charge >= 0.3 is 0 Å². The molecule has 1 aliphatic rings. The summed E-state index contributed by atoms with van der Waals surface area (Å²) in [5, 5.41) is 4.34. The molecule has 1 aliphatic carbocycles. The van der Waals surface area contributed by atoms with E-state index >= 15 is 0 Å². The molecule has 1 aromatic rings. The van der Waals surface area contributed by atoms with Gasteiger partial charge in [-0.05, 0) is 49.6 Å². The predicted molar refractivity (Wildman–Crippen MR) is 72.9 cm³/mol. The number of nitrogens with one attached hydrogen (secondary N) is 1. The summed E-state index contributed by atoms with van der Waals surface area (Å²) in [6, 6.07) is 6.11. The molecule has 1 aromatic carbocycles. The van der Waals surface area contributed by atoms with Gasteiger partial charge in [-0.25, -0.2) is 4.39 Å². The molecule has 2 unspecified atom stereocenters. The van der Waals surface area contributed by atoms with Crippen LogP contribution < -0.4 is 5.32 Å². The zero-order valence-corrected chi connectivity index (χ0v) is 11.3. The lowest BCUT2D eigenvalue weighted by atomic mass is 10.1. The van der Waals surface area contributed by atoms with Gasteiger partial charge in [-0.1, -0.05) is 12.1 Å². The quantitative estimate of drug-likeness (QED) is 0.881. The van der Waals surface area contributed by atoms with Crippen molar-refractivity contribution in [3.8, 4) is 0 Å². The molecular formula is C14H20FNS. The highest BCUT2D eigenvalue weighted by Crippen LogP contribution is 2.28. The van der Waals surface area contributed by atoms with Crippen LogP contribution in [0.3, 0.4) is 0 Å². The molecule has 1 saturated carbocycles. The summed E-state index contributed by atoms with van der Waals surface area (Å²) in [6.07, 6.45) is 5.98. The molecule has 0 spiro atoms. The number of aryl methyl sites for hydroxylation is 1. The first kappa shape index (κ1) is 12.9. The van der Waals surface area contributed by atoms with Crippen LogP contribution >= 0.6 is 11.8 Å². The van der Waals surface area contributed by atoms with Crippen LogP contribution in [0, 0.1) is 12.7 Å².